The zero-order valence-corrected chi connectivity index (χ0v) is 23.8. The number of alkyl halides is 2. The van der Waals surface area contributed by atoms with Crippen LogP contribution < -0.4 is 5.32 Å². The van der Waals surface area contributed by atoms with Crippen molar-refractivity contribution in [1.82, 2.24) is 4.98 Å². The minimum Gasteiger partial charge on any atom is -0.394 e. The molecule has 1 aromatic carbocycles. The summed E-state index contributed by atoms with van der Waals surface area (Å²) >= 11 is 12.4. The number of nitrogens with zero attached hydrogens (tertiary/aromatic N) is 1. The zero-order chi connectivity index (χ0) is 29.2. The Morgan fingerprint density at radius 1 is 1.17 bits per heavy atom. The van der Waals surface area contributed by atoms with Crippen molar-refractivity contribution in [1.29, 1.82) is 0 Å². The van der Waals surface area contributed by atoms with Gasteiger partial charge in [-0.15, -0.1) is 0 Å². The van der Waals surface area contributed by atoms with Crippen LogP contribution >= 0.6 is 23.2 Å². The van der Waals surface area contributed by atoms with Gasteiger partial charge in [0, 0.05) is 40.6 Å². The molecular weight excluding hydrogens is 580 g/mol. The van der Waals surface area contributed by atoms with E-state index in [0.29, 0.717) is 35.7 Å². The van der Waals surface area contributed by atoms with Crippen molar-refractivity contribution in [2.45, 2.75) is 56.0 Å². The van der Waals surface area contributed by atoms with Gasteiger partial charge in [-0.2, -0.15) is 0 Å². The predicted octanol–water partition coefficient (Wildman–Crippen LogP) is 5.97. The van der Waals surface area contributed by atoms with Gasteiger partial charge in [-0.3, -0.25) is 18.4 Å². The summed E-state index contributed by atoms with van der Waals surface area (Å²) in [4.78, 5) is 32.4. The SMILES string of the molecule is O=C(C[C@@H]1CC[C@@H](CO)OC1)[C@@H]1CC2(CC(CF)(CF)C2)[C@@]2(C(=O)Nc3cc(Cl)ccc32)[C@H]1c1ccnc(Cl)c1F. The molecule has 220 valence electrons. The number of hydrogen-bond donors (Lipinski definition) is 2. The van der Waals surface area contributed by atoms with E-state index >= 15 is 4.39 Å². The van der Waals surface area contributed by atoms with Gasteiger partial charge < -0.3 is 15.2 Å². The summed E-state index contributed by atoms with van der Waals surface area (Å²) in [5.74, 6) is -3.36. The molecule has 1 aromatic heterocycles. The molecule has 2 N–H and O–H groups in total. The van der Waals surface area contributed by atoms with Gasteiger partial charge in [-0.05, 0) is 72.8 Å². The minimum absolute atomic E-state index is 0.0356. The molecule has 0 bridgehead atoms. The van der Waals surface area contributed by atoms with Gasteiger partial charge in [0.15, 0.2) is 11.0 Å². The van der Waals surface area contributed by atoms with Crippen LogP contribution in [-0.4, -0.2) is 54.4 Å². The maximum absolute atomic E-state index is 15.9. The van der Waals surface area contributed by atoms with Gasteiger partial charge in [-0.25, -0.2) is 9.37 Å². The van der Waals surface area contributed by atoms with E-state index < -0.39 is 53.2 Å². The largest absolute Gasteiger partial charge is 0.394 e. The van der Waals surface area contributed by atoms with Gasteiger partial charge in [0.2, 0.25) is 5.91 Å². The number of benzene rings is 1. The molecule has 0 unspecified atom stereocenters. The summed E-state index contributed by atoms with van der Waals surface area (Å²) in [6, 6.07) is 6.38. The topological polar surface area (TPSA) is 88.5 Å². The molecule has 2 saturated carbocycles. The number of hydrogen-bond acceptors (Lipinski definition) is 5. The van der Waals surface area contributed by atoms with E-state index in [2.05, 4.69) is 10.3 Å². The summed E-state index contributed by atoms with van der Waals surface area (Å²) in [5, 5.41) is 12.3. The summed E-state index contributed by atoms with van der Waals surface area (Å²) in [6.45, 7) is -1.60. The van der Waals surface area contributed by atoms with Crippen LogP contribution in [0.4, 0.5) is 18.9 Å². The fourth-order valence-corrected chi connectivity index (χ4v) is 8.87. The maximum atomic E-state index is 15.9. The number of rotatable bonds is 7. The molecule has 2 spiro atoms. The predicted molar refractivity (Wildman–Crippen MR) is 147 cm³/mol. The molecule has 3 fully saturated rings. The lowest BCUT2D eigenvalue weighted by molar-refractivity contribution is -0.143. The number of amides is 1. The molecule has 5 atom stereocenters. The van der Waals surface area contributed by atoms with Crippen LogP contribution in [0.2, 0.25) is 10.2 Å². The highest BCUT2D eigenvalue weighted by Gasteiger charge is 2.77. The molecule has 6 nitrogen and oxygen atoms in total. The standard InChI is InChI=1S/C30H31Cl2F3N2O4/c31-17-2-4-21-22(8-17)37-27(40)30(21)24(19-5-6-36-26(32)25(19)35)20(9-29(30)12-28(13-29,14-33)15-34)23(39)7-16-1-3-18(10-38)41-11-16/h2,4-6,8,16,18,20,24,38H,1,3,7,9-15H2,(H,37,40)/t16-,18-,20-,24-,30+/m0/s1. The van der Waals surface area contributed by atoms with Crippen molar-refractivity contribution in [2.24, 2.45) is 22.7 Å². The number of Topliss-reactive ketones (excluding diaryl/α,β-unsaturated/α-hetero) is 1. The number of carbonyl (C=O) groups is 2. The highest BCUT2D eigenvalue weighted by Crippen LogP contribution is 2.77. The summed E-state index contributed by atoms with van der Waals surface area (Å²) in [7, 11) is 0. The van der Waals surface area contributed by atoms with Crippen LogP contribution in [0, 0.1) is 28.5 Å². The fourth-order valence-electron chi connectivity index (χ4n) is 8.53. The van der Waals surface area contributed by atoms with Crippen LogP contribution in [-0.2, 0) is 19.7 Å². The normalized spacial score (nSPS) is 31.2. The second kappa shape index (κ2) is 10.5. The van der Waals surface area contributed by atoms with Gasteiger partial charge >= 0.3 is 0 Å². The molecule has 4 aliphatic rings. The number of halogens is 5. The second-order valence-electron chi connectivity index (χ2n) is 12.4. The Kier molecular flexibility index (Phi) is 7.41. The molecule has 2 aliphatic carbocycles. The van der Waals surface area contributed by atoms with Crippen molar-refractivity contribution in [3.8, 4) is 0 Å². The number of ketones is 1. The first kappa shape index (κ1) is 28.9. The molecular formula is C30H31Cl2F3N2O4. The lowest BCUT2D eigenvalue weighted by Crippen LogP contribution is -2.61. The van der Waals surface area contributed by atoms with Crippen molar-refractivity contribution < 1.29 is 32.6 Å². The third kappa shape index (κ3) is 4.25. The third-order valence-electron chi connectivity index (χ3n) is 10.1. The van der Waals surface area contributed by atoms with Gasteiger partial charge in [0.25, 0.3) is 0 Å². The van der Waals surface area contributed by atoms with Crippen LogP contribution in [0.25, 0.3) is 0 Å². The van der Waals surface area contributed by atoms with Crippen LogP contribution in [0.15, 0.2) is 30.5 Å². The Morgan fingerprint density at radius 3 is 2.59 bits per heavy atom. The number of anilines is 1. The molecule has 6 rings (SSSR count). The highest BCUT2D eigenvalue weighted by molar-refractivity contribution is 6.31. The number of aromatic nitrogens is 1. The smallest absolute Gasteiger partial charge is 0.236 e. The van der Waals surface area contributed by atoms with Crippen molar-refractivity contribution in [2.75, 3.05) is 31.9 Å². The lowest BCUT2D eigenvalue weighted by atomic mass is 9.43. The van der Waals surface area contributed by atoms with Gasteiger partial charge in [-0.1, -0.05) is 29.3 Å². The second-order valence-corrected chi connectivity index (χ2v) is 13.2. The van der Waals surface area contributed by atoms with Crippen molar-refractivity contribution >= 4 is 40.6 Å². The number of aliphatic hydroxyl groups is 1. The summed E-state index contributed by atoms with van der Waals surface area (Å²) in [5.41, 5.74) is -2.71. The Balaban J connectivity index is 1.50. The van der Waals surface area contributed by atoms with Gasteiger partial charge in [0.1, 0.15) is 5.78 Å². The maximum Gasteiger partial charge on any atom is 0.236 e. The minimum atomic E-state index is -1.49. The lowest BCUT2D eigenvalue weighted by Gasteiger charge is -2.59. The number of ether oxygens (including phenoxy) is 1. The highest BCUT2D eigenvalue weighted by atomic mass is 35.5. The Morgan fingerprint density at radius 2 is 1.93 bits per heavy atom. The Bertz CT molecular complexity index is 1370. The number of fused-ring (bicyclic) bond motifs is 3. The van der Waals surface area contributed by atoms with Crippen LogP contribution in [0.5, 0.6) is 0 Å². The average molecular weight is 611 g/mol. The molecule has 1 amide bonds. The van der Waals surface area contributed by atoms with Crippen molar-refractivity contribution in [3.05, 3.63) is 57.6 Å². The number of pyridine rings is 1. The van der Waals surface area contributed by atoms with E-state index in [9.17, 15) is 23.5 Å². The first-order valence-corrected chi connectivity index (χ1v) is 14.7. The monoisotopic (exact) mass is 610 g/mol. The van der Waals surface area contributed by atoms with Crippen LogP contribution in [0.1, 0.15) is 55.6 Å². The average Bonchev–Trinajstić information content (AvgIpc) is 3.41. The van der Waals surface area contributed by atoms with Gasteiger partial charge in [0.05, 0.1) is 38.1 Å². The van der Waals surface area contributed by atoms with Crippen molar-refractivity contribution in [3.63, 3.8) is 0 Å². The number of nitrogens with one attached hydrogen (secondary N) is 1. The molecule has 3 heterocycles. The summed E-state index contributed by atoms with van der Waals surface area (Å²) in [6.07, 6.45) is 2.73. The fraction of sp³-hybridized carbons (Fsp3) is 0.567. The van der Waals surface area contributed by atoms with E-state index in [1.54, 1.807) is 18.2 Å². The number of aliphatic hydroxyl groups excluding tert-OH is 1. The third-order valence-corrected chi connectivity index (χ3v) is 10.6. The Hall–Kier alpha value is -2.20. The quantitative estimate of drug-likeness (QED) is 0.377. The molecule has 11 heteroatoms. The van der Waals surface area contributed by atoms with E-state index in [0.717, 1.165) is 0 Å². The first-order chi connectivity index (χ1) is 19.6. The molecule has 2 aliphatic heterocycles. The molecule has 41 heavy (non-hydrogen) atoms. The first-order valence-electron chi connectivity index (χ1n) is 13.9. The van der Waals surface area contributed by atoms with E-state index in [1.807, 2.05) is 0 Å². The number of carbonyl (C=O) groups excluding carboxylic acids is 2. The summed E-state index contributed by atoms with van der Waals surface area (Å²) < 4.78 is 50.1. The van der Waals surface area contributed by atoms with E-state index in [-0.39, 0.29) is 60.8 Å². The van der Waals surface area contributed by atoms with Crippen LogP contribution in [0.3, 0.4) is 0 Å². The molecule has 1 saturated heterocycles. The van der Waals surface area contributed by atoms with E-state index in [1.165, 1.54) is 12.3 Å². The Labute approximate surface area is 246 Å². The molecule has 2 aromatic rings. The zero-order valence-electron chi connectivity index (χ0n) is 22.3. The van der Waals surface area contributed by atoms with E-state index in [4.69, 9.17) is 27.9 Å². The molecule has 0 radical (unpaired) electrons.